The van der Waals surface area contributed by atoms with Gasteiger partial charge in [0.05, 0.1) is 5.56 Å². The highest BCUT2D eigenvalue weighted by Gasteiger charge is 2.36. The van der Waals surface area contributed by atoms with E-state index in [4.69, 9.17) is 0 Å². The lowest BCUT2D eigenvalue weighted by molar-refractivity contribution is -0.275. The monoisotopic (exact) mass is 474 g/mol. The van der Waals surface area contributed by atoms with Gasteiger partial charge in [-0.25, -0.2) is 4.39 Å². The van der Waals surface area contributed by atoms with Crippen LogP contribution >= 0.6 is 0 Å². The third kappa shape index (κ3) is 7.57. The number of alkyl halides is 5. The van der Waals surface area contributed by atoms with Crippen molar-refractivity contribution in [2.45, 2.75) is 70.8 Å². The lowest BCUT2D eigenvalue weighted by Gasteiger charge is -2.28. The summed E-state index contributed by atoms with van der Waals surface area (Å²) in [6.07, 6.45) is 0.452. The van der Waals surface area contributed by atoms with Crippen molar-refractivity contribution in [3.63, 3.8) is 0 Å². The molecule has 3 rings (SSSR count). The summed E-state index contributed by atoms with van der Waals surface area (Å²) in [5.74, 6) is -1.69. The normalized spacial score (nSPS) is 19.4. The quantitative estimate of drug-likeness (QED) is 0.340. The fraction of sp³-hybridized carbons (Fsp3) is 0.520. The van der Waals surface area contributed by atoms with Crippen LogP contribution in [0, 0.1) is 17.7 Å². The Bertz CT molecular complexity index is 887. The highest BCUT2D eigenvalue weighted by atomic mass is 19.4. The van der Waals surface area contributed by atoms with Crippen molar-refractivity contribution in [2.24, 2.45) is 11.8 Å². The molecule has 0 spiro atoms. The van der Waals surface area contributed by atoms with E-state index in [2.05, 4.69) is 16.4 Å². The van der Waals surface area contributed by atoms with Gasteiger partial charge in [-0.15, -0.1) is 13.2 Å². The molecule has 0 unspecified atom stereocenters. The number of ether oxygens (including phenoxy) is 2. The van der Waals surface area contributed by atoms with E-state index in [0.29, 0.717) is 18.1 Å². The average Bonchev–Trinajstić information content (AvgIpc) is 2.75. The second-order valence-corrected chi connectivity index (χ2v) is 8.67. The zero-order valence-corrected chi connectivity index (χ0v) is 18.4. The molecule has 0 radical (unpaired) electrons. The Morgan fingerprint density at radius 2 is 1.42 bits per heavy atom. The molecule has 0 heterocycles. The molecular weight excluding hydrogens is 446 g/mol. The van der Waals surface area contributed by atoms with Crippen molar-refractivity contribution in [1.29, 1.82) is 0 Å². The molecule has 0 saturated heterocycles. The Labute approximate surface area is 189 Å². The fourth-order valence-corrected chi connectivity index (χ4v) is 4.41. The van der Waals surface area contributed by atoms with Crippen molar-refractivity contribution >= 4 is 0 Å². The zero-order chi connectivity index (χ0) is 24.1. The van der Waals surface area contributed by atoms with Crippen LogP contribution in [0.3, 0.4) is 0 Å². The highest BCUT2D eigenvalue weighted by molar-refractivity contribution is 5.34. The summed E-state index contributed by atoms with van der Waals surface area (Å²) in [5.41, 5.74) is 0.521. The van der Waals surface area contributed by atoms with E-state index in [1.54, 1.807) is 12.1 Å². The van der Waals surface area contributed by atoms with Gasteiger partial charge in [0.15, 0.2) is 11.6 Å². The Balaban J connectivity index is 1.54. The average molecular weight is 474 g/mol. The summed E-state index contributed by atoms with van der Waals surface area (Å²) in [4.78, 5) is 0. The third-order valence-corrected chi connectivity index (χ3v) is 6.17. The molecule has 0 amide bonds. The molecule has 2 aromatic carbocycles. The fourth-order valence-electron chi connectivity index (χ4n) is 4.41. The molecule has 1 aliphatic rings. The number of hydrogen-bond acceptors (Lipinski definition) is 2. The summed E-state index contributed by atoms with van der Waals surface area (Å²) in [7, 11) is 0. The van der Waals surface area contributed by atoms with Gasteiger partial charge < -0.3 is 9.47 Å². The summed E-state index contributed by atoms with van der Waals surface area (Å²) in [6, 6.07) is 7.57. The van der Waals surface area contributed by atoms with Gasteiger partial charge >= 0.3 is 12.5 Å². The maximum absolute atomic E-state index is 14.5. The van der Waals surface area contributed by atoms with Gasteiger partial charge in [-0.05, 0) is 54.5 Å². The SMILES string of the molecule is CCCC1CCC(CCc2ccc(C(F)(F)Oc3ccc(OC(F)(F)F)c(F)c3)cc2)CC1. The largest absolute Gasteiger partial charge is 0.573 e. The second kappa shape index (κ2) is 10.7. The molecule has 0 aromatic heterocycles. The van der Waals surface area contributed by atoms with Crippen molar-refractivity contribution < 1.29 is 35.8 Å². The predicted octanol–water partition coefficient (Wildman–Crippen LogP) is 8.39. The lowest BCUT2D eigenvalue weighted by Crippen LogP contribution is -2.22. The minimum absolute atomic E-state index is 0.428. The Morgan fingerprint density at radius 1 is 0.818 bits per heavy atom. The second-order valence-electron chi connectivity index (χ2n) is 8.67. The Morgan fingerprint density at radius 3 is 1.97 bits per heavy atom. The van der Waals surface area contributed by atoms with Crippen molar-refractivity contribution in [3.8, 4) is 11.5 Å². The number of benzene rings is 2. The first kappa shape index (κ1) is 25.2. The maximum Gasteiger partial charge on any atom is 0.573 e. The summed E-state index contributed by atoms with van der Waals surface area (Å²) in [6.45, 7) is 2.21. The minimum Gasteiger partial charge on any atom is -0.429 e. The van der Waals surface area contributed by atoms with Crippen molar-refractivity contribution in [2.75, 3.05) is 0 Å². The van der Waals surface area contributed by atoms with Crippen LogP contribution in [0.4, 0.5) is 26.3 Å². The van der Waals surface area contributed by atoms with E-state index in [-0.39, 0.29) is 0 Å². The maximum atomic E-state index is 14.5. The standard InChI is InChI=1S/C25H28F6O2/c1-2-3-17-4-6-18(7-5-17)8-9-19-10-12-20(13-11-19)24(27,28)32-21-14-15-23(22(26)16-21)33-25(29,30)31/h10-18H,2-9H2,1H3. The van der Waals surface area contributed by atoms with E-state index < -0.39 is 35.4 Å². The van der Waals surface area contributed by atoms with Crippen LogP contribution in [0.25, 0.3) is 0 Å². The molecule has 0 N–H and O–H groups in total. The number of halogens is 6. The van der Waals surface area contributed by atoms with Gasteiger partial charge in [-0.2, -0.15) is 8.78 Å². The van der Waals surface area contributed by atoms with Crippen LogP contribution in [-0.4, -0.2) is 6.36 Å². The van der Waals surface area contributed by atoms with Crippen molar-refractivity contribution in [1.82, 2.24) is 0 Å². The van der Waals surface area contributed by atoms with Crippen LogP contribution in [0.2, 0.25) is 0 Å². The first-order valence-corrected chi connectivity index (χ1v) is 11.3. The van der Waals surface area contributed by atoms with Gasteiger partial charge in [0.25, 0.3) is 0 Å². The topological polar surface area (TPSA) is 18.5 Å². The Kier molecular flexibility index (Phi) is 8.19. The molecule has 2 aromatic rings. The Hall–Kier alpha value is -2.38. The number of hydrogen-bond donors (Lipinski definition) is 0. The van der Waals surface area contributed by atoms with Gasteiger partial charge in [-0.1, -0.05) is 57.6 Å². The summed E-state index contributed by atoms with van der Waals surface area (Å²) >= 11 is 0. The minimum atomic E-state index is -5.09. The first-order chi connectivity index (χ1) is 15.6. The summed E-state index contributed by atoms with van der Waals surface area (Å²) in [5, 5.41) is 0. The number of aryl methyl sites for hydroxylation is 1. The molecular formula is C25H28F6O2. The van der Waals surface area contributed by atoms with E-state index in [9.17, 15) is 26.3 Å². The smallest absolute Gasteiger partial charge is 0.429 e. The van der Waals surface area contributed by atoms with Gasteiger partial charge in [-0.3, -0.25) is 0 Å². The molecule has 0 aliphatic heterocycles. The number of rotatable bonds is 9. The van der Waals surface area contributed by atoms with Crippen LogP contribution in [0.1, 0.15) is 63.0 Å². The molecule has 182 valence electrons. The van der Waals surface area contributed by atoms with Gasteiger partial charge in [0.2, 0.25) is 0 Å². The van der Waals surface area contributed by atoms with Crippen LogP contribution < -0.4 is 9.47 Å². The lowest BCUT2D eigenvalue weighted by atomic mass is 9.78. The van der Waals surface area contributed by atoms with E-state index in [0.717, 1.165) is 30.4 Å². The molecule has 8 heteroatoms. The molecule has 1 saturated carbocycles. The molecule has 1 fully saturated rings. The zero-order valence-electron chi connectivity index (χ0n) is 18.4. The molecule has 33 heavy (non-hydrogen) atoms. The molecule has 0 atom stereocenters. The first-order valence-electron chi connectivity index (χ1n) is 11.3. The third-order valence-electron chi connectivity index (χ3n) is 6.17. The molecule has 1 aliphatic carbocycles. The van der Waals surface area contributed by atoms with Crippen molar-refractivity contribution in [3.05, 3.63) is 59.4 Å². The van der Waals surface area contributed by atoms with Gasteiger partial charge in [0, 0.05) is 6.07 Å². The van der Waals surface area contributed by atoms with Crippen LogP contribution in [0.5, 0.6) is 11.5 Å². The van der Waals surface area contributed by atoms with Crippen LogP contribution in [-0.2, 0) is 12.5 Å². The molecule has 2 nitrogen and oxygen atoms in total. The van der Waals surface area contributed by atoms with E-state index in [1.807, 2.05) is 0 Å². The summed E-state index contributed by atoms with van der Waals surface area (Å²) < 4.78 is 87.4. The predicted molar refractivity (Wildman–Crippen MR) is 113 cm³/mol. The highest BCUT2D eigenvalue weighted by Crippen LogP contribution is 2.36. The van der Waals surface area contributed by atoms with Gasteiger partial charge in [0.1, 0.15) is 5.75 Å². The van der Waals surface area contributed by atoms with E-state index in [1.165, 1.54) is 50.7 Å². The molecule has 0 bridgehead atoms. The van der Waals surface area contributed by atoms with E-state index >= 15 is 0 Å². The van der Waals surface area contributed by atoms with Crippen LogP contribution in [0.15, 0.2) is 42.5 Å².